The van der Waals surface area contributed by atoms with Gasteiger partial charge in [-0.25, -0.2) is 0 Å². The smallest absolute Gasteiger partial charge is 0.267 e. The molecule has 1 saturated carbocycles. The van der Waals surface area contributed by atoms with Crippen molar-refractivity contribution < 1.29 is 14.3 Å². The van der Waals surface area contributed by atoms with E-state index in [2.05, 4.69) is 81.9 Å². The molecular weight excluding hydrogens is 596 g/mol. The number of carbonyl (C=O) groups excluding carboxylic acids is 1. The second kappa shape index (κ2) is 19.5. The van der Waals surface area contributed by atoms with Crippen LogP contribution < -0.4 is 10.9 Å². The summed E-state index contributed by atoms with van der Waals surface area (Å²) in [4.78, 5) is 32.7. The molecule has 5 heteroatoms. The normalized spacial score (nSPS) is 15.8. The van der Waals surface area contributed by atoms with Crippen molar-refractivity contribution in [2.24, 2.45) is 34.0 Å². The Kier molecular flexibility index (Phi) is 18.4. The maximum absolute atomic E-state index is 12.4. The third-order valence-corrected chi connectivity index (χ3v) is 9.22. The predicted molar refractivity (Wildman–Crippen MR) is 207 cm³/mol. The van der Waals surface area contributed by atoms with Crippen molar-refractivity contribution in [2.75, 3.05) is 0 Å². The van der Waals surface area contributed by atoms with E-state index in [1.54, 1.807) is 0 Å². The third kappa shape index (κ3) is 14.4. The maximum atomic E-state index is 12.4. The molecule has 1 unspecified atom stereocenters. The molecule has 2 aromatic rings. The number of Topliss-reactive ketones (excluding diaryl/α,β-unsaturated/α-hetero) is 1. The lowest BCUT2D eigenvalue weighted by Gasteiger charge is -2.35. The number of ketones is 1. The minimum Gasteiger partial charge on any atom is -0.504 e. The fraction of sp³-hybridized carbons (Fsp3) is 0.698. The first-order chi connectivity index (χ1) is 22.0. The Labute approximate surface area is 294 Å². The summed E-state index contributed by atoms with van der Waals surface area (Å²) in [5.41, 5.74) is 3.10. The Bertz CT molecular complexity index is 1350. The quantitative estimate of drug-likeness (QED) is 0.163. The van der Waals surface area contributed by atoms with Gasteiger partial charge in [-0.2, -0.15) is 0 Å². The van der Waals surface area contributed by atoms with Gasteiger partial charge in [-0.05, 0) is 85.7 Å². The summed E-state index contributed by atoms with van der Waals surface area (Å²) < 4.78 is 6.09. The van der Waals surface area contributed by atoms with Gasteiger partial charge in [-0.1, -0.05) is 134 Å². The van der Waals surface area contributed by atoms with E-state index < -0.39 is 10.9 Å². The number of aromatic hydroxyl groups is 1. The van der Waals surface area contributed by atoms with Crippen molar-refractivity contribution in [3.8, 4) is 5.75 Å². The van der Waals surface area contributed by atoms with Gasteiger partial charge in [0.25, 0.3) is 5.43 Å². The van der Waals surface area contributed by atoms with Gasteiger partial charge in [-0.15, -0.1) is 0 Å². The molecule has 274 valence electrons. The second-order valence-corrected chi connectivity index (χ2v) is 16.9. The van der Waals surface area contributed by atoms with Crippen LogP contribution in [-0.2, 0) is 0 Å². The summed E-state index contributed by atoms with van der Waals surface area (Å²) >= 11 is 0. The van der Waals surface area contributed by atoms with Crippen LogP contribution in [0.25, 0.3) is 5.57 Å². The molecule has 0 radical (unpaired) electrons. The Balaban J connectivity index is 0.000000858. The molecular formula is C43H72O5. The maximum Gasteiger partial charge on any atom is 0.267 e. The van der Waals surface area contributed by atoms with E-state index in [0.717, 1.165) is 22.8 Å². The number of hydrogen-bond acceptors (Lipinski definition) is 5. The van der Waals surface area contributed by atoms with Gasteiger partial charge in [0.2, 0.25) is 11.2 Å². The zero-order valence-electron chi connectivity index (χ0n) is 33.8. The van der Waals surface area contributed by atoms with E-state index in [1.165, 1.54) is 63.9 Å². The van der Waals surface area contributed by atoms with Crippen LogP contribution in [0.1, 0.15) is 176 Å². The first kappa shape index (κ1) is 45.3. The molecule has 0 amide bonds. The zero-order chi connectivity index (χ0) is 37.8. The predicted octanol–water partition coefficient (Wildman–Crippen LogP) is 12.2. The standard InChI is InChI=1S/C25H38O2.C11H24.C5H4O3.C2H6/c1-16(2)22(26)21-15-18(4)23(27-21)20(24(5,6)7)14-17(3)19-10-12-25(8,9)13-11-19;1-6-8-10(7-2)9-11(3,4)5;1-2-3(6)5(8)4(2)7;1-2/h14-16,19H,3,10-13H2,1-2,4-9H3;10H,6-9H2,1-5H3;6H,1H3;1-2H3/b20-14+;;;. The summed E-state index contributed by atoms with van der Waals surface area (Å²) in [7, 11) is 0. The van der Waals surface area contributed by atoms with Crippen molar-refractivity contribution in [1.82, 2.24) is 0 Å². The van der Waals surface area contributed by atoms with Gasteiger partial charge in [0.1, 0.15) is 5.76 Å². The van der Waals surface area contributed by atoms with Crippen LogP contribution in [-0.4, -0.2) is 10.9 Å². The van der Waals surface area contributed by atoms with E-state index in [4.69, 9.17) is 9.52 Å². The number of allylic oxidation sites excluding steroid dienone is 3. The van der Waals surface area contributed by atoms with E-state index in [1.807, 2.05) is 40.7 Å². The van der Waals surface area contributed by atoms with Gasteiger partial charge >= 0.3 is 0 Å². The van der Waals surface area contributed by atoms with Gasteiger partial charge < -0.3 is 9.52 Å². The van der Waals surface area contributed by atoms with Gasteiger partial charge in [0.05, 0.1) is 0 Å². The van der Waals surface area contributed by atoms with Gasteiger partial charge in [0.15, 0.2) is 11.5 Å². The largest absolute Gasteiger partial charge is 0.504 e. The molecule has 0 spiro atoms. The molecule has 1 N–H and O–H groups in total. The molecule has 1 aliphatic rings. The van der Waals surface area contributed by atoms with Crippen molar-refractivity contribution >= 4 is 11.4 Å². The summed E-state index contributed by atoms with van der Waals surface area (Å²) in [6.45, 7) is 38.6. The van der Waals surface area contributed by atoms with E-state index in [0.29, 0.717) is 22.5 Å². The van der Waals surface area contributed by atoms with Gasteiger partial charge in [0, 0.05) is 17.1 Å². The molecule has 0 bridgehead atoms. The molecule has 5 nitrogen and oxygen atoms in total. The number of carbonyl (C=O) groups is 1. The Hall–Kier alpha value is -2.69. The first-order valence-electron chi connectivity index (χ1n) is 18.5. The summed E-state index contributed by atoms with van der Waals surface area (Å²) in [6.07, 6.45) is 12.6. The van der Waals surface area contributed by atoms with Crippen molar-refractivity contribution in [3.05, 3.63) is 67.4 Å². The van der Waals surface area contributed by atoms with Crippen LogP contribution in [0.4, 0.5) is 0 Å². The first-order valence-corrected chi connectivity index (χ1v) is 18.5. The lowest BCUT2D eigenvalue weighted by atomic mass is 9.70. The Morgan fingerprint density at radius 2 is 1.54 bits per heavy atom. The highest BCUT2D eigenvalue weighted by Crippen LogP contribution is 2.43. The SMILES string of the molecule is C=C(/C=C(\c1oc(C(=O)C(C)C)cc1C)C(C)(C)C)C1CCC(C)(C)CC1.CC.CCCC(CC)CC(C)(C)C.Cc1c(O)c(=O)c1=O. The zero-order valence-corrected chi connectivity index (χ0v) is 33.8. The lowest BCUT2D eigenvalue weighted by molar-refractivity contribution is 0.0910. The number of hydrogen-bond donors (Lipinski definition) is 1. The molecule has 1 aromatic carbocycles. The highest BCUT2D eigenvalue weighted by atomic mass is 16.3. The number of furan rings is 1. The summed E-state index contributed by atoms with van der Waals surface area (Å²) in [5.74, 6) is 2.43. The van der Waals surface area contributed by atoms with E-state index >= 15 is 0 Å². The van der Waals surface area contributed by atoms with Crippen molar-refractivity contribution in [2.45, 2.75) is 162 Å². The van der Waals surface area contributed by atoms with Crippen molar-refractivity contribution in [1.29, 1.82) is 0 Å². The van der Waals surface area contributed by atoms with Crippen LogP contribution in [0, 0.1) is 47.8 Å². The molecule has 1 aromatic heterocycles. The Morgan fingerprint density at radius 3 is 1.90 bits per heavy atom. The minimum atomic E-state index is -0.762. The molecule has 1 atom stereocenters. The fourth-order valence-corrected chi connectivity index (χ4v) is 6.07. The molecule has 1 fully saturated rings. The third-order valence-electron chi connectivity index (χ3n) is 9.22. The van der Waals surface area contributed by atoms with Crippen molar-refractivity contribution in [3.63, 3.8) is 0 Å². The average Bonchev–Trinajstić information content (AvgIpc) is 3.38. The Morgan fingerprint density at radius 1 is 1.02 bits per heavy atom. The van der Waals surface area contributed by atoms with Crippen LogP contribution in [0.5, 0.6) is 5.75 Å². The summed E-state index contributed by atoms with van der Waals surface area (Å²) in [6, 6.07) is 1.89. The highest BCUT2D eigenvalue weighted by Gasteiger charge is 2.30. The lowest BCUT2D eigenvalue weighted by Crippen LogP contribution is -2.32. The van der Waals surface area contributed by atoms with Crippen LogP contribution in [0.15, 0.2) is 38.3 Å². The van der Waals surface area contributed by atoms with E-state index in [-0.39, 0.29) is 28.4 Å². The summed E-state index contributed by atoms with van der Waals surface area (Å²) in [5, 5.41) is 8.46. The number of rotatable bonds is 9. The fourth-order valence-electron chi connectivity index (χ4n) is 6.07. The highest BCUT2D eigenvalue weighted by molar-refractivity contribution is 5.95. The molecule has 0 saturated heterocycles. The van der Waals surface area contributed by atoms with Crippen LogP contribution in [0.2, 0.25) is 0 Å². The number of aryl methyl sites for hydroxylation is 1. The molecule has 0 aliphatic heterocycles. The molecule has 1 aliphatic carbocycles. The topological polar surface area (TPSA) is 84.6 Å². The molecule has 48 heavy (non-hydrogen) atoms. The van der Waals surface area contributed by atoms with E-state index in [9.17, 15) is 14.4 Å². The van der Waals surface area contributed by atoms with Crippen LogP contribution in [0.3, 0.4) is 0 Å². The average molecular weight is 669 g/mol. The molecule has 3 rings (SSSR count). The van der Waals surface area contributed by atoms with Crippen LogP contribution >= 0.6 is 0 Å². The van der Waals surface area contributed by atoms with Gasteiger partial charge in [-0.3, -0.25) is 14.4 Å². The molecule has 1 heterocycles. The minimum absolute atomic E-state index is 0.0611. The monoisotopic (exact) mass is 669 g/mol. The second-order valence-electron chi connectivity index (χ2n) is 16.9.